The summed E-state index contributed by atoms with van der Waals surface area (Å²) >= 11 is 0. The molecule has 2 atom stereocenters. The van der Waals surface area contributed by atoms with Crippen molar-refractivity contribution in [2.45, 2.75) is 19.0 Å². The number of nitrogens with two attached hydrogens (primary N) is 1. The smallest absolute Gasteiger partial charge is 0.146 e. The molecule has 1 aromatic heterocycles. The lowest BCUT2D eigenvalue weighted by Gasteiger charge is -2.61. The van der Waals surface area contributed by atoms with Gasteiger partial charge >= 0.3 is 0 Å². The number of rotatable bonds is 1. The largest absolute Gasteiger partial charge is 0.325 e. The summed E-state index contributed by atoms with van der Waals surface area (Å²) in [7, 11) is 0. The molecule has 2 aliphatic heterocycles. The average molecular weight is 191 g/mol. The van der Waals surface area contributed by atoms with Gasteiger partial charge in [0.1, 0.15) is 12.1 Å². The van der Waals surface area contributed by atoms with Crippen molar-refractivity contribution < 1.29 is 0 Å². The number of hydrazine groups is 1. The van der Waals surface area contributed by atoms with E-state index in [1.54, 1.807) is 6.33 Å². The molecule has 74 valence electrons. The topological polar surface area (TPSA) is 58.3 Å². The van der Waals surface area contributed by atoms with Gasteiger partial charge in [0.25, 0.3) is 0 Å². The van der Waals surface area contributed by atoms with Crippen LogP contribution in [0.15, 0.2) is 12.4 Å². The van der Waals surface area contributed by atoms with Gasteiger partial charge in [-0.15, -0.1) is 0 Å². The highest BCUT2D eigenvalue weighted by Crippen LogP contribution is 2.33. The molecule has 5 heteroatoms. The lowest BCUT2D eigenvalue weighted by Crippen LogP contribution is -2.81. The minimum absolute atomic E-state index is 0.356. The Morgan fingerprint density at radius 3 is 2.86 bits per heavy atom. The molecule has 2 unspecified atom stereocenters. The highest BCUT2D eigenvalue weighted by atomic mass is 15.7. The third-order valence-corrected chi connectivity index (χ3v) is 3.00. The number of anilines is 1. The Bertz CT molecular complexity index is 366. The average Bonchev–Trinajstić information content (AvgIpc) is 2.14. The quantitative estimate of drug-likeness (QED) is 0.650. The normalized spacial score (nSPS) is 30.6. The Balaban J connectivity index is 1.79. The lowest BCUT2D eigenvalue weighted by atomic mass is 9.94. The Morgan fingerprint density at radius 2 is 2.29 bits per heavy atom. The minimum atomic E-state index is 0.356. The van der Waals surface area contributed by atoms with E-state index in [0.29, 0.717) is 12.1 Å². The van der Waals surface area contributed by atoms with Gasteiger partial charge in [-0.05, 0) is 6.92 Å². The van der Waals surface area contributed by atoms with Gasteiger partial charge in [-0.2, -0.15) is 0 Å². The number of aryl methyl sites for hydroxylation is 1. The summed E-state index contributed by atoms with van der Waals surface area (Å²) in [6.07, 6.45) is 1.61. The Labute approximate surface area is 82.5 Å². The predicted octanol–water partition coefficient (Wildman–Crippen LogP) is -0.468. The number of hydrogen-bond donors (Lipinski definition) is 1. The van der Waals surface area contributed by atoms with Crippen LogP contribution in [0.1, 0.15) is 5.69 Å². The van der Waals surface area contributed by atoms with Crippen LogP contribution < -0.4 is 10.7 Å². The molecule has 0 radical (unpaired) electrons. The van der Waals surface area contributed by atoms with Crippen molar-refractivity contribution in [2.75, 3.05) is 18.1 Å². The van der Waals surface area contributed by atoms with Crippen LogP contribution in [0.4, 0.5) is 5.82 Å². The molecule has 2 N–H and O–H groups in total. The second-order valence-electron chi connectivity index (χ2n) is 3.95. The fourth-order valence-electron chi connectivity index (χ4n) is 2.06. The maximum atomic E-state index is 5.83. The molecule has 0 aromatic carbocycles. The van der Waals surface area contributed by atoms with E-state index >= 15 is 0 Å². The van der Waals surface area contributed by atoms with Gasteiger partial charge < -0.3 is 5.73 Å². The molecule has 2 fully saturated rings. The Kier molecular flexibility index (Phi) is 1.54. The molecule has 0 bridgehead atoms. The van der Waals surface area contributed by atoms with Crippen LogP contribution in [-0.4, -0.2) is 40.2 Å². The number of nitrogens with zero attached hydrogens (tertiary/aromatic N) is 4. The van der Waals surface area contributed by atoms with E-state index in [1.165, 1.54) is 0 Å². The van der Waals surface area contributed by atoms with E-state index in [-0.39, 0.29) is 0 Å². The first-order valence-electron chi connectivity index (χ1n) is 4.84. The minimum Gasteiger partial charge on any atom is -0.325 e. The van der Waals surface area contributed by atoms with Crippen LogP contribution in [0.5, 0.6) is 0 Å². The highest BCUT2D eigenvalue weighted by molar-refractivity contribution is 5.42. The molecule has 0 amide bonds. The van der Waals surface area contributed by atoms with Crippen molar-refractivity contribution in [2.24, 2.45) is 5.73 Å². The van der Waals surface area contributed by atoms with E-state index in [2.05, 4.69) is 20.0 Å². The van der Waals surface area contributed by atoms with E-state index < -0.39 is 0 Å². The summed E-state index contributed by atoms with van der Waals surface area (Å²) in [5.41, 5.74) is 6.84. The van der Waals surface area contributed by atoms with Gasteiger partial charge in [-0.3, -0.25) is 5.01 Å². The lowest BCUT2D eigenvalue weighted by molar-refractivity contribution is -0.0271. The van der Waals surface area contributed by atoms with Crippen LogP contribution in [0, 0.1) is 6.92 Å². The van der Waals surface area contributed by atoms with Gasteiger partial charge in [0.05, 0.1) is 12.6 Å². The van der Waals surface area contributed by atoms with Gasteiger partial charge in [-0.25, -0.2) is 15.0 Å². The summed E-state index contributed by atoms with van der Waals surface area (Å²) in [4.78, 5) is 8.31. The number of aromatic nitrogens is 2. The molecule has 0 aliphatic carbocycles. The van der Waals surface area contributed by atoms with Crippen LogP contribution in [-0.2, 0) is 0 Å². The van der Waals surface area contributed by atoms with Crippen molar-refractivity contribution in [3.8, 4) is 0 Å². The van der Waals surface area contributed by atoms with Crippen molar-refractivity contribution in [1.82, 2.24) is 15.0 Å². The second-order valence-corrected chi connectivity index (χ2v) is 3.95. The molecule has 2 saturated heterocycles. The van der Waals surface area contributed by atoms with Crippen molar-refractivity contribution in [3.05, 3.63) is 18.1 Å². The first-order chi connectivity index (χ1) is 6.75. The molecule has 5 nitrogen and oxygen atoms in total. The zero-order valence-corrected chi connectivity index (χ0v) is 8.09. The highest BCUT2D eigenvalue weighted by Gasteiger charge is 2.49. The zero-order chi connectivity index (χ0) is 9.71. The summed E-state index contributed by atoms with van der Waals surface area (Å²) in [6, 6.07) is 2.90. The first kappa shape index (κ1) is 8.14. The number of fused-ring (bicyclic) bond motifs is 1. The predicted molar refractivity (Wildman–Crippen MR) is 52.6 cm³/mol. The van der Waals surface area contributed by atoms with Gasteiger partial charge in [0, 0.05) is 24.3 Å². The molecule has 3 heterocycles. The van der Waals surface area contributed by atoms with E-state index in [4.69, 9.17) is 5.73 Å². The molecular formula is C9H13N5. The third kappa shape index (κ3) is 0.964. The number of hydrogen-bond acceptors (Lipinski definition) is 5. The molecular weight excluding hydrogens is 178 g/mol. The molecule has 0 saturated carbocycles. The molecule has 2 aliphatic rings. The summed E-state index contributed by atoms with van der Waals surface area (Å²) in [5.74, 6) is 0.987. The van der Waals surface area contributed by atoms with Gasteiger partial charge in [0.15, 0.2) is 0 Å². The fraction of sp³-hybridized carbons (Fsp3) is 0.556. The van der Waals surface area contributed by atoms with Crippen molar-refractivity contribution in [3.63, 3.8) is 0 Å². The molecule has 1 aromatic rings. The first-order valence-corrected chi connectivity index (χ1v) is 4.84. The van der Waals surface area contributed by atoms with E-state index in [0.717, 1.165) is 24.6 Å². The third-order valence-electron chi connectivity index (χ3n) is 3.00. The van der Waals surface area contributed by atoms with Gasteiger partial charge in [-0.1, -0.05) is 0 Å². The Hall–Kier alpha value is -1.20. The van der Waals surface area contributed by atoms with Crippen LogP contribution >= 0.6 is 0 Å². The maximum absolute atomic E-state index is 5.83. The van der Waals surface area contributed by atoms with E-state index in [9.17, 15) is 0 Å². The van der Waals surface area contributed by atoms with Crippen LogP contribution in [0.3, 0.4) is 0 Å². The van der Waals surface area contributed by atoms with Crippen LogP contribution in [0.2, 0.25) is 0 Å². The van der Waals surface area contributed by atoms with Crippen molar-refractivity contribution >= 4 is 5.82 Å². The van der Waals surface area contributed by atoms with Gasteiger partial charge in [0.2, 0.25) is 0 Å². The maximum Gasteiger partial charge on any atom is 0.146 e. The molecule has 3 rings (SSSR count). The van der Waals surface area contributed by atoms with Crippen LogP contribution in [0.25, 0.3) is 0 Å². The summed E-state index contributed by atoms with van der Waals surface area (Å²) < 4.78 is 0. The fourth-order valence-corrected chi connectivity index (χ4v) is 2.06. The SMILES string of the molecule is Cc1cc(N2CC3C(N)CN32)ncn1. The summed E-state index contributed by atoms with van der Waals surface area (Å²) in [6.45, 7) is 3.93. The van der Waals surface area contributed by atoms with E-state index in [1.807, 2.05) is 13.0 Å². The molecule has 0 spiro atoms. The van der Waals surface area contributed by atoms with Crippen molar-refractivity contribution in [1.29, 1.82) is 0 Å². The zero-order valence-electron chi connectivity index (χ0n) is 8.09. The monoisotopic (exact) mass is 191 g/mol. The Morgan fingerprint density at radius 1 is 1.43 bits per heavy atom. The standard InChI is InChI=1S/C9H13N5/c1-6-2-9(12-5-11-6)14-4-8-7(10)3-13(8)14/h2,5,7-8H,3-4,10H2,1H3. The molecule has 14 heavy (non-hydrogen) atoms. The summed E-state index contributed by atoms with van der Waals surface area (Å²) in [5, 5.41) is 4.43. The second kappa shape index (κ2) is 2.65.